The predicted molar refractivity (Wildman–Crippen MR) is 146 cm³/mol. The van der Waals surface area contributed by atoms with Gasteiger partial charge < -0.3 is 16.0 Å². The van der Waals surface area contributed by atoms with Gasteiger partial charge in [-0.2, -0.15) is 4.99 Å². The highest BCUT2D eigenvalue weighted by Crippen LogP contribution is 2.39. The van der Waals surface area contributed by atoms with Crippen molar-refractivity contribution in [1.29, 1.82) is 5.53 Å². The second-order valence-electron chi connectivity index (χ2n) is 10.5. The van der Waals surface area contributed by atoms with Crippen molar-refractivity contribution in [3.8, 4) is 0 Å². The Labute approximate surface area is 221 Å². The Balaban J connectivity index is 1.79. The Bertz CT molecular complexity index is 1130. The fourth-order valence-electron chi connectivity index (χ4n) is 4.63. The highest BCUT2D eigenvalue weighted by molar-refractivity contribution is 9.10. The number of nitrogens with zero attached hydrogens (tertiary/aromatic N) is 3. The van der Waals surface area contributed by atoms with Crippen molar-refractivity contribution in [1.82, 2.24) is 4.90 Å². The Morgan fingerprint density at radius 1 is 1.11 bits per heavy atom. The van der Waals surface area contributed by atoms with Crippen LogP contribution >= 0.6 is 15.9 Å². The van der Waals surface area contributed by atoms with E-state index in [-0.39, 0.29) is 23.4 Å². The number of aliphatic imine (C=N–C) groups is 1. The zero-order chi connectivity index (χ0) is 26.5. The van der Waals surface area contributed by atoms with Crippen LogP contribution in [-0.4, -0.2) is 28.8 Å². The molecule has 0 radical (unpaired) electrons. The lowest BCUT2D eigenvalue weighted by Crippen LogP contribution is -2.45. The lowest BCUT2D eigenvalue weighted by Gasteiger charge is -2.41. The minimum atomic E-state index is -0.560. The lowest BCUT2D eigenvalue weighted by atomic mass is 9.71. The average molecular weight is 556 g/mol. The van der Waals surface area contributed by atoms with E-state index in [9.17, 15) is 9.59 Å². The number of nitrogens with one attached hydrogen (secondary N) is 2. The minimum Gasteiger partial charge on any atom is -0.366 e. The average Bonchev–Trinajstić information content (AvgIpc) is 2.84. The molecule has 0 aromatic heterocycles. The van der Waals surface area contributed by atoms with Gasteiger partial charge in [-0.05, 0) is 79.3 Å². The summed E-state index contributed by atoms with van der Waals surface area (Å²) in [5, 5.41) is 6.02. The molecule has 36 heavy (non-hydrogen) atoms. The van der Waals surface area contributed by atoms with Crippen molar-refractivity contribution in [3.63, 3.8) is 0 Å². The molecule has 0 bridgehead atoms. The Morgan fingerprint density at radius 2 is 1.75 bits per heavy atom. The molecule has 0 atom stereocenters. The maximum atomic E-state index is 13.5. The van der Waals surface area contributed by atoms with Crippen molar-refractivity contribution >= 4 is 39.5 Å². The monoisotopic (exact) mass is 554 g/mol. The highest BCUT2D eigenvalue weighted by atomic mass is 79.9. The van der Waals surface area contributed by atoms with Crippen molar-refractivity contribution in [2.45, 2.75) is 66.0 Å². The zero-order valence-electron chi connectivity index (χ0n) is 21.3. The van der Waals surface area contributed by atoms with Gasteiger partial charge in [-0.15, -0.1) is 5.11 Å². The third kappa shape index (κ3) is 7.22. The molecule has 3 amide bonds. The number of halogens is 1. The maximum absolute atomic E-state index is 13.5. The number of amides is 3. The molecule has 1 fully saturated rings. The van der Waals surface area contributed by atoms with E-state index in [4.69, 9.17) is 11.3 Å². The number of anilines is 1. The van der Waals surface area contributed by atoms with Crippen LogP contribution in [0.25, 0.3) is 0 Å². The third-order valence-corrected chi connectivity index (χ3v) is 7.78. The summed E-state index contributed by atoms with van der Waals surface area (Å²) in [7, 11) is 0. The number of benzene rings is 2. The Kier molecular flexibility index (Phi) is 9.00. The minimum absolute atomic E-state index is 0.127. The van der Waals surface area contributed by atoms with Crippen LogP contribution in [0.15, 0.2) is 57.0 Å². The first-order valence-corrected chi connectivity index (χ1v) is 13.0. The lowest BCUT2D eigenvalue weighted by molar-refractivity contribution is 0.100. The molecule has 1 aliphatic rings. The third-order valence-electron chi connectivity index (χ3n) is 6.93. The predicted octanol–water partition coefficient (Wildman–Crippen LogP) is 6.88. The van der Waals surface area contributed by atoms with Crippen LogP contribution in [0, 0.1) is 23.8 Å². The molecule has 0 unspecified atom stereocenters. The number of hydrogen-bond acceptors (Lipinski definition) is 3. The summed E-state index contributed by atoms with van der Waals surface area (Å²) < 4.78 is 0.944. The first-order valence-electron chi connectivity index (χ1n) is 12.2. The summed E-state index contributed by atoms with van der Waals surface area (Å²) in [6.07, 6.45) is 4.08. The molecule has 9 heteroatoms. The fraction of sp³-hybridized carbons (Fsp3) is 0.444. The highest BCUT2D eigenvalue weighted by Gasteiger charge is 2.33. The number of carbonyl (C=O) groups is 2. The van der Waals surface area contributed by atoms with Crippen LogP contribution in [0.5, 0.6) is 0 Å². The molecular weight excluding hydrogens is 520 g/mol. The fourth-order valence-corrected chi connectivity index (χ4v) is 5.01. The van der Waals surface area contributed by atoms with E-state index in [1.165, 1.54) is 0 Å². The van der Waals surface area contributed by atoms with Gasteiger partial charge in [-0.3, -0.25) is 4.79 Å². The summed E-state index contributed by atoms with van der Waals surface area (Å²) in [4.78, 5) is 31.2. The van der Waals surface area contributed by atoms with Gasteiger partial charge in [-0.1, -0.05) is 54.9 Å². The van der Waals surface area contributed by atoms with Crippen LogP contribution in [0.4, 0.5) is 10.5 Å². The Hall–Kier alpha value is -3.07. The molecule has 0 saturated heterocycles. The van der Waals surface area contributed by atoms with E-state index in [0.29, 0.717) is 18.0 Å². The second kappa shape index (κ2) is 11.8. The summed E-state index contributed by atoms with van der Waals surface area (Å²) in [6, 6.07) is 12.7. The quantitative estimate of drug-likeness (QED) is 0.212. The van der Waals surface area contributed by atoms with E-state index in [2.05, 4.69) is 52.1 Å². The van der Waals surface area contributed by atoms with Gasteiger partial charge in [0.15, 0.2) is 0 Å². The number of rotatable bonds is 5. The molecule has 4 N–H and O–H groups in total. The maximum Gasteiger partial charge on any atom is 0.322 e. The number of nitrogens with two attached hydrogens (primary N) is 1. The van der Waals surface area contributed by atoms with Crippen LogP contribution in [0.2, 0.25) is 0 Å². The summed E-state index contributed by atoms with van der Waals surface area (Å²) in [5.74, 6) is -0.309. The van der Waals surface area contributed by atoms with E-state index in [0.717, 1.165) is 47.0 Å². The Morgan fingerprint density at radius 3 is 2.31 bits per heavy atom. The van der Waals surface area contributed by atoms with Crippen LogP contribution in [0.3, 0.4) is 0 Å². The number of aryl methyl sites for hydroxylation is 1. The molecule has 1 aliphatic carbocycles. The number of urea groups is 1. The van der Waals surface area contributed by atoms with Gasteiger partial charge >= 0.3 is 6.03 Å². The van der Waals surface area contributed by atoms with Crippen molar-refractivity contribution in [2.75, 3.05) is 5.32 Å². The molecule has 3 rings (SSSR count). The van der Waals surface area contributed by atoms with E-state index >= 15 is 0 Å². The number of carbonyl (C=O) groups excluding carboxylic acids is 2. The molecule has 2 aromatic rings. The van der Waals surface area contributed by atoms with Gasteiger partial charge in [0.05, 0.1) is 0 Å². The van der Waals surface area contributed by atoms with Crippen molar-refractivity contribution < 1.29 is 9.59 Å². The summed E-state index contributed by atoms with van der Waals surface area (Å²) in [5.41, 5.74) is 15.5. The van der Waals surface area contributed by atoms with Gasteiger partial charge in [0, 0.05) is 28.3 Å². The van der Waals surface area contributed by atoms with Gasteiger partial charge in [0.25, 0.3) is 5.91 Å². The first-order chi connectivity index (χ1) is 17.0. The van der Waals surface area contributed by atoms with Crippen LogP contribution in [0.1, 0.15) is 67.9 Å². The van der Waals surface area contributed by atoms with E-state index in [1.807, 2.05) is 42.2 Å². The molecule has 1 saturated carbocycles. The molecule has 2 aromatic carbocycles. The van der Waals surface area contributed by atoms with Crippen LogP contribution < -0.4 is 11.1 Å². The van der Waals surface area contributed by atoms with Gasteiger partial charge in [0.1, 0.15) is 0 Å². The summed E-state index contributed by atoms with van der Waals surface area (Å²) in [6.45, 7) is 9.29. The number of hydrogen-bond donors (Lipinski definition) is 3. The van der Waals surface area contributed by atoms with E-state index < -0.39 is 5.91 Å². The van der Waals surface area contributed by atoms with E-state index in [1.54, 1.807) is 12.1 Å². The van der Waals surface area contributed by atoms with Gasteiger partial charge in [0.2, 0.25) is 5.96 Å². The molecule has 8 nitrogen and oxygen atoms in total. The topological polar surface area (TPSA) is 124 Å². The molecule has 0 aliphatic heterocycles. The van der Waals surface area contributed by atoms with Crippen molar-refractivity contribution in [2.24, 2.45) is 27.2 Å². The second-order valence-corrected chi connectivity index (χ2v) is 11.3. The largest absolute Gasteiger partial charge is 0.366 e. The van der Waals surface area contributed by atoms with Gasteiger partial charge in [-0.25, -0.2) is 10.3 Å². The SMILES string of the molecule is Cc1ccc(NC(=O)N(Cc2ccc(C(=O)N=C(N)N=N)cc2)C2CCC(C(C)(C)C)CC2)cc1Br. The van der Waals surface area contributed by atoms with Crippen molar-refractivity contribution in [3.05, 3.63) is 63.6 Å². The zero-order valence-corrected chi connectivity index (χ0v) is 22.9. The molecule has 0 spiro atoms. The smallest absolute Gasteiger partial charge is 0.322 e. The molecule has 192 valence electrons. The summed E-state index contributed by atoms with van der Waals surface area (Å²) >= 11 is 3.54. The molecule has 0 heterocycles. The standard InChI is InChI=1S/C27H35BrN6O2/c1-17-5-12-21(15-23(17)28)31-26(36)34(22-13-10-20(11-14-22)27(2,3)4)16-18-6-8-19(9-7-18)24(35)32-25(29)33-30/h5-9,12,15,20,22,30H,10-11,13-14,16H2,1-4H3,(H,31,36)(H2,29,32,35). The number of guanidine groups is 1. The molecular formula is C27H35BrN6O2. The normalized spacial score (nSPS) is 18.4. The first kappa shape index (κ1) is 27.5. The van der Waals surface area contributed by atoms with Crippen LogP contribution in [-0.2, 0) is 6.54 Å².